The molecule has 2 aromatic rings. The summed E-state index contributed by atoms with van der Waals surface area (Å²) in [6.45, 7) is 3.80. The summed E-state index contributed by atoms with van der Waals surface area (Å²) in [5.74, 6) is -2.62. The van der Waals surface area contributed by atoms with Crippen molar-refractivity contribution in [1.29, 1.82) is 0 Å². The number of benzene rings is 2. The first-order valence-corrected chi connectivity index (χ1v) is 10.1. The highest BCUT2D eigenvalue weighted by molar-refractivity contribution is 5.80. The molecule has 0 saturated carbocycles. The van der Waals surface area contributed by atoms with E-state index in [1.165, 1.54) is 0 Å². The minimum absolute atomic E-state index is 0.115. The largest absolute Gasteiger partial charge is 0.481 e. The fourth-order valence-electron chi connectivity index (χ4n) is 3.63. The first kappa shape index (κ1) is 23.1. The second kappa shape index (κ2) is 10.6. The molecule has 0 aliphatic rings. The van der Waals surface area contributed by atoms with Gasteiger partial charge in [-0.05, 0) is 36.0 Å². The van der Waals surface area contributed by atoms with Crippen LogP contribution in [0.1, 0.15) is 38.7 Å². The summed E-state index contributed by atoms with van der Waals surface area (Å²) in [5.41, 5.74) is 2.01. The molecule has 0 saturated heterocycles. The Hall–Kier alpha value is -3.15. The molecule has 2 atom stereocenters. The van der Waals surface area contributed by atoms with E-state index in [2.05, 4.69) is 5.32 Å². The zero-order valence-corrected chi connectivity index (χ0v) is 17.4. The molecule has 6 nitrogen and oxygen atoms in total. The van der Waals surface area contributed by atoms with Crippen molar-refractivity contribution >= 4 is 17.8 Å². The molecule has 2 rings (SSSR count). The highest BCUT2D eigenvalue weighted by Gasteiger charge is 2.40. The van der Waals surface area contributed by atoms with Crippen LogP contribution in [-0.4, -0.2) is 34.6 Å². The second-order valence-electron chi connectivity index (χ2n) is 7.77. The first-order chi connectivity index (χ1) is 14.3. The summed E-state index contributed by atoms with van der Waals surface area (Å²) < 4.78 is 0. The number of hydrogen-bond donors (Lipinski definition) is 3. The van der Waals surface area contributed by atoms with Gasteiger partial charge in [0.1, 0.15) is 0 Å². The third-order valence-electron chi connectivity index (χ3n) is 5.63. The maximum atomic E-state index is 12.2. The highest BCUT2D eigenvalue weighted by atomic mass is 16.4. The third kappa shape index (κ3) is 6.17. The number of carboxylic acids is 2. The predicted octanol–water partition coefficient (Wildman–Crippen LogP) is 3.99. The molecule has 0 bridgehead atoms. The molecule has 1 amide bonds. The van der Waals surface area contributed by atoms with Gasteiger partial charge in [0.15, 0.2) is 0 Å². The molecule has 160 valence electrons. The number of amides is 1. The molecule has 0 aliphatic heterocycles. The van der Waals surface area contributed by atoms with E-state index in [9.17, 15) is 19.5 Å². The number of carbonyl (C=O) groups excluding carboxylic acids is 1. The molecular weight excluding hydrogens is 382 g/mol. The van der Waals surface area contributed by atoms with E-state index in [0.717, 1.165) is 16.7 Å². The van der Waals surface area contributed by atoms with Crippen molar-refractivity contribution in [2.45, 2.75) is 39.5 Å². The van der Waals surface area contributed by atoms with Gasteiger partial charge in [0.05, 0.1) is 11.8 Å². The Balaban J connectivity index is 2.10. The summed E-state index contributed by atoms with van der Waals surface area (Å²) in [4.78, 5) is 34.7. The van der Waals surface area contributed by atoms with E-state index >= 15 is 0 Å². The van der Waals surface area contributed by atoms with Crippen LogP contribution in [0.2, 0.25) is 0 Å². The maximum absolute atomic E-state index is 12.2. The summed E-state index contributed by atoms with van der Waals surface area (Å²) in [6, 6.07) is 17.8. The molecule has 0 aliphatic carbocycles. The Bertz CT molecular complexity index is 863. The number of carboxylic acid groups (broad SMARTS) is 2. The number of rotatable bonds is 11. The molecule has 6 heteroatoms. The quantitative estimate of drug-likeness (QED) is 0.519. The standard InChI is InChI=1S/C24H29NO5/c1-3-20(16-25-21(26)13-14-22(27)28)24(2,23(29)30)15-17-9-11-19(12-10-17)18-7-5-4-6-8-18/h4-12,20H,3,13-16H2,1-2H3,(H,25,26)(H,27,28)(H,29,30)/t20?,24-/m1/s1. The van der Waals surface area contributed by atoms with Crippen LogP contribution in [-0.2, 0) is 20.8 Å². The van der Waals surface area contributed by atoms with Crippen LogP contribution in [0.4, 0.5) is 0 Å². The molecule has 0 heterocycles. The van der Waals surface area contributed by atoms with Gasteiger partial charge in [-0.3, -0.25) is 14.4 Å². The van der Waals surface area contributed by atoms with Gasteiger partial charge in [-0.15, -0.1) is 0 Å². The van der Waals surface area contributed by atoms with E-state index in [-0.39, 0.29) is 31.2 Å². The van der Waals surface area contributed by atoms with E-state index in [4.69, 9.17) is 5.11 Å². The van der Waals surface area contributed by atoms with Crippen molar-refractivity contribution in [3.8, 4) is 11.1 Å². The van der Waals surface area contributed by atoms with Crippen LogP contribution in [0.25, 0.3) is 11.1 Å². The fraction of sp³-hybridized carbons (Fsp3) is 0.375. The van der Waals surface area contributed by atoms with Crippen molar-refractivity contribution in [2.24, 2.45) is 11.3 Å². The Kier molecular flexibility index (Phi) is 8.16. The van der Waals surface area contributed by atoms with Gasteiger partial charge in [0.2, 0.25) is 5.91 Å². The summed E-state index contributed by atoms with van der Waals surface area (Å²) in [6.07, 6.45) is 0.550. The first-order valence-electron chi connectivity index (χ1n) is 10.1. The Morgan fingerprint density at radius 1 is 0.933 bits per heavy atom. The molecule has 0 spiro atoms. The van der Waals surface area contributed by atoms with Gasteiger partial charge in [-0.25, -0.2) is 0 Å². The summed E-state index contributed by atoms with van der Waals surface area (Å²) in [5, 5.41) is 21.4. The molecule has 1 unspecified atom stereocenters. The molecule has 2 aromatic carbocycles. The maximum Gasteiger partial charge on any atom is 0.310 e. The minimum Gasteiger partial charge on any atom is -0.481 e. The number of nitrogens with one attached hydrogen (secondary N) is 1. The Labute approximate surface area is 176 Å². The molecule has 3 N–H and O–H groups in total. The van der Waals surface area contributed by atoms with Crippen molar-refractivity contribution in [3.63, 3.8) is 0 Å². The highest BCUT2D eigenvalue weighted by Crippen LogP contribution is 2.34. The number of aliphatic carboxylic acids is 2. The van der Waals surface area contributed by atoms with Crippen molar-refractivity contribution in [2.75, 3.05) is 6.54 Å². The van der Waals surface area contributed by atoms with Gasteiger partial charge < -0.3 is 15.5 Å². The van der Waals surface area contributed by atoms with Gasteiger partial charge in [-0.1, -0.05) is 67.9 Å². The summed E-state index contributed by atoms with van der Waals surface area (Å²) in [7, 11) is 0. The zero-order chi connectivity index (χ0) is 22.1. The van der Waals surface area contributed by atoms with Crippen LogP contribution in [0.5, 0.6) is 0 Å². The lowest BCUT2D eigenvalue weighted by Gasteiger charge is -2.34. The fourth-order valence-corrected chi connectivity index (χ4v) is 3.63. The summed E-state index contributed by atoms with van der Waals surface area (Å²) >= 11 is 0. The second-order valence-corrected chi connectivity index (χ2v) is 7.77. The normalized spacial score (nSPS) is 13.8. The zero-order valence-electron chi connectivity index (χ0n) is 17.4. The van der Waals surface area contributed by atoms with Gasteiger partial charge >= 0.3 is 11.9 Å². The van der Waals surface area contributed by atoms with Crippen molar-refractivity contribution in [1.82, 2.24) is 5.32 Å². The molecule has 30 heavy (non-hydrogen) atoms. The van der Waals surface area contributed by atoms with Crippen LogP contribution < -0.4 is 5.32 Å². The number of hydrogen-bond acceptors (Lipinski definition) is 3. The lowest BCUT2D eigenvalue weighted by molar-refractivity contribution is -0.151. The molecule has 0 fully saturated rings. The van der Waals surface area contributed by atoms with E-state index in [1.54, 1.807) is 6.92 Å². The molecule has 0 radical (unpaired) electrons. The van der Waals surface area contributed by atoms with Crippen molar-refractivity contribution in [3.05, 3.63) is 60.2 Å². The average Bonchev–Trinajstić information content (AvgIpc) is 2.73. The average molecular weight is 411 g/mol. The SMILES string of the molecule is CCC(CNC(=O)CCC(=O)O)[C@@](C)(Cc1ccc(-c2ccccc2)cc1)C(=O)O. The molecule has 0 aromatic heterocycles. The lowest BCUT2D eigenvalue weighted by atomic mass is 9.71. The smallest absolute Gasteiger partial charge is 0.310 e. The van der Waals surface area contributed by atoms with E-state index in [0.29, 0.717) is 12.8 Å². The van der Waals surface area contributed by atoms with Crippen LogP contribution in [0, 0.1) is 11.3 Å². The lowest BCUT2D eigenvalue weighted by Crippen LogP contribution is -2.44. The van der Waals surface area contributed by atoms with E-state index < -0.39 is 17.4 Å². The Morgan fingerprint density at radius 3 is 2.07 bits per heavy atom. The predicted molar refractivity (Wildman–Crippen MR) is 115 cm³/mol. The van der Waals surface area contributed by atoms with Gasteiger partial charge in [-0.2, -0.15) is 0 Å². The third-order valence-corrected chi connectivity index (χ3v) is 5.63. The monoisotopic (exact) mass is 411 g/mol. The number of carbonyl (C=O) groups is 3. The van der Waals surface area contributed by atoms with Crippen LogP contribution in [0.3, 0.4) is 0 Å². The molecular formula is C24H29NO5. The van der Waals surface area contributed by atoms with Crippen LogP contribution >= 0.6 is 0 Å². The minimum atomic E-state index is -1.07. The topological polar surface area (TPSA) is 104 Å². The van der Waals surface area contributed by atoms with Gasteiger partial charge in [0, 0.05) is 13.0 Å². The van der Waals surface area contributed by atoms with Crippen LogP contribution in [0.15, 0.2) is 54.6 Å². The Morgan fingerprint density at radius 2 is 1.53 bits per heavy atom. The van der Waals surface area contributed by atoms with E-state index in [1.807, 2.05) is 61.5 Å². The van der Waals surface area contributed by atoms with Crippen molar-refractivity contribution < 1.29 is 24.6 Å². The van der Waals surface area contributed by atoms with Gasteiger partial charge in [0.25, 0.3) is 0 Å².